The highest BCUT2D eigenvalue weighted by atomic mass is 35.5. The van der Waals surface area contributed by atoms with Crippen molar-refractivity contribution in [1.82, 2.24) is 9.88 Å². The van der Waals surface area contributed by atoms with E-state index < -0.39 is 5.82 Å². The lowest BCUT2D eigenvalue weighted by Crippen LogP contribution is -2.34. The van der Waals surface area contributed by atoms with Gasteiger partial charge in [-0.2, -0.15) is 0 Å². The number of aromatic amines is 1. The second-order valence-electron chi connectivity index (χ2n) is 6.11. The molecule has 1 amide bonds. The van der Waals surface area contributed by atoms with Gasteiger partial charge in [-0.3, -0.25) is 4.79 Å². The van der Waals surface area contributed by atoms with Crippen LogP contribution in [0, 0.1) is 5.82 Å². The summed E-state index contributed by atoms with van der Waals surface area (Å²) in [4.78, 5) is 17.5. The molecule has 1 aliphatic rings. The van der Waals surface area contributed by atoms with Crippen molar-refractivity contribution >= 4 is 34.0 Å². The van der Waals surface area contributed by atoms with Crippen LogP contribution >= 0.6 is 11.6 Å². The van der Waals surface area contributed by atoms with Crippen molar-refractivity contribution in [2.45, 2.75) is 6.42 Å². The Kier molecular flexibility index (Phi) is 4.06. The van der Waals surface area contributed by atoms with E-state index in [9.17, 15) is 9.18 Å². The van der Waals surface area contributed by atoms with E-state index in [0.29, 0.717) is 23.7 Å². The van der Waals surface area contributed by atoms with E-state index in [1.54, 1.807) is 17.0 Å². The molecule has 126 valence electrons. The first kappa shape index (κ1) is 15.9. The molecule has 5 heteroatoms. The summed E-state index contributed by atoms with van der Waals surface area (Å²) >= 11 is 6.22. The number of hydrogen-bond donors (Lipinski definition) is 1. The normalized spacial score (nSPS) is 14.6. The van der Waals surface area contributed by atoms with Gasteiger partial charge in [0.2, 0.25) is 0 Å². The van der Waals surface area contributed by atoms with Gasteiger partial charge in [-0.05, 0) is 36.3 Å². The van der Waals surface area contributed by atoms with Crippen LogP contribution in [0.25, 0.3) is 16.5 Å². The minimum Gasteiger partial charge on any atom is -0.359 e. The van der Waals surface area contributed by atoms with Gasteiger partial charge in [-0.25, -0.2) is 4.39 Å². The summed E-state index contributed by atoms with van der Waals surface area (Å²) in [5.41, 5.74) is 3.63. The van der Waals surface area contributed by atoms with Crippen LogP contribution in [-0.4, -0.2) is 28.9 Å². The van der Waals surface area contributed by atoms with Crippen molar-refractivity contribution in [2.24, 2.45) is 0 Å². The molecule has 25 heavy (non-hydrogen) atoms. The number of halogens is 2. The van der Waals surface area contributed by atoms with E-state index in [0.717, 1.165) is 22.9 Å². The lowest BCUT2D eigenvalue weighted by molar-refractivity contribution is 0.0772. The second kappa shape index (κ2) is 6.37. The van der Waals surface area contributed by atoms with Gasteiger partial charge in [-0.15, -0.1) is 0 Å². The summed E-state index contributed by atoms with van der Waals surface area (Å²) in [7, 11) is 0. The molecule has 0 aliphatic carbocycles. The smallest absolute Gasteiger partial charge is 0.254 e. The minimum absolute atomic E-state index is 0.142. The SMILES string of the molecule is O=C(c1cccc(F)c1)N1CC=C(c2c[nH]c3c(Cl)cccc23)CC1. The lowest BCUT2D eigenvalue weighted by Gasteiger charge is -2.26. The molecule has 4 rings (SSSR count). The number of aromatic nitrogens is 1. The first-order chi connectivity index (χ1) is 12.1. The van der Waals surface area contributed by atoms with Crippen LogP contribution in [0.4, 0.5) is 4.39 Å². The topological polar surface area (TPSA) is 36.1 Å². The van der Waals surface area contributed by atoms with Crippen LogP contribution in [0.15, 0.2) is 54.7 Å². The number of rotatable bonds is 2. The number of H-pyrrole nitrogens is 1. The zero-order chi connectivity index (χ0) is 17.4. The first-order valence-electron chi connectivity index (χ1n) is 8.13. The van der Waals surface area contributed by atoms with E-state index >= 15 is 0 Å². The molecule has 0 fully saturated rings. The molecule has 0 atom stereocenters. The van der Waals surface area contributed by atoms with Gasteiger partial charge in [0.25, 0.3) is 5.91 Å². The standard InChI is InChI=1S/C20H16ClFN2O/c21-18-6-2-5-16-17(12-23-19(16)18)13-7-9-24(10-8-13)20(25)14-3-1-4-15(22)11-14/h1-7,11-12,23H,8-10H2. The fraction of sp³-hybridized carbons (Fsp3) is 0.150. The summed E-state index contributed by atoms with van der Waals surface area (Å²) in [6.45, 7) is 1.12. The zero-order valence-corrected chi connectivity index (χ0v) is 14.2. The van der Waals surface area contributed by atoms with Crippen LogP contribution in [0.5, 0.6) is 0 Å². The van der Waals surface area contributed by atoms with E-state index in [4.69, 9.17) is 11.6 Å². The molecule has 1 aromatic heterocycles. The fourth-order valence-electron chi connectivity index (χ4n) is 3.29. The predicted molar refractivity (Wildman–Crippen MR) is 98.2 cm³/mol. The molecule has 3 nitrogen and oxygen atoms in total. The van der Waals surface area contributed by atoms with Gasteiger partial charge in [0.15, 0.2) is 0 Å². The second-order valence-corrected chi connectivity index (χ2v) is 6.51. The van der Waals surface area contributed by atoms with Crippen LogP contribution in [0.3, 0.4) is 0 Å². The Morgan fingerprint density at radius 3 is 2.80 bits per heavy atom. The summed E-state index contributed by atoms with van der Waals surface area (Å²) in [6, 6.07) is 11.7. The Morgan fingerprint density at radius 2 is 2.04 bits per heavy atom. The highest BCUT2D eigenvalue weighted by Gasteiger charge is 2.21. The third-order valence-electron chi connectivity index (χ3n) is 4.58. The Labute approximate surface area is 149 Å². The van der Waals surface area contributed by atoms with Crippen LogP contribution in [0.1, 0.15) is 22.3 Å². The Bertz CT molecular complexity index is 992. The molecule has 2 aromatic carbocycles. The van der Waals surface area contributed by atoms with Gasteiger partial charge >= 0.3 is 0 Å². The van der Waals surface area contributed by atoms with Crippen LogP contribution in [-0.2, 0) is 0 Å². The monoisotopic (exact) mass is 354 g/mol. The molecule has 0 spiro atoms. The number of fused-ring (bicyclic) bond motifs is 1. The summed E-state index contributed by atoms with van der Waals surface area (Å²) < 4.78 is 13.3. The molecule has 1 aliphatic heterocycles. The van der Waals surface area contributed by atoms with E-state index in [1.807, 2.05) is 24.4 Å². The van der Waals surface area contributed by atoms with Gasteiger partial charge < -0.3 is 9.88 Å². The van der Waals surface area contributed by atoms with Crippen LogP contribution in [0.2, 0.25) is 5.02 Å². The molecule has 0 saturated heterocycles. The average molecular weight is 355 g/mol. The van der Waals surface area contributed by atoms with E-state index in [1.165, 1.54) is 17.7 Å². The summed E-state index contributed by atoms with van der Waals surface area (Å²) in [5, 5.41) is 1.78. The molecule has 0 radical (unpaired) electrons. The fourth-order valence-corrected chi connectivity index (χ4v) is 3.51. The predicted octanol–water partition coefficient (Wildman–Crippen LogP) is 4.89. The number of nitrogens with one attached hydrogen (secondary N) is 1. The lowest BCUT2D eigenvalue weighted by atomic mass is 9.98. The van der Waals surface area contributed by atoms with Gasteiger partial charge in [0, 0.05) is 35.8 Å². The minimum atomic E-state index is -0.394. The molecule has 1 N–H and O–H groups in total. The summed E-state index contributed by atoms with van der Waals surface area (Å²) in [5.74, 6) is -0.536. The molecule has 0 saturated carbocycles. The maximum atomic E-state index is 13.3. The summed E-state index contributed by atoms with van der Waals surface area (Å²) in [6.07, 6.45) is 4.77. The first-order valence-corrected chi connectivity index (χ1v) is 8.51. The van der Waals surface area contributed by atoms with Crippen molar-refractivity contribution < 1.29 is 9.18 Å². The van der Waals surface area contributed by atoms with Crippen molar-refractivity contribution in [3.8, 4) is 0 Å². The van der Waals surface area contributed by atoms with Crippen molar-refractivity contribution in [3.63, 3.8) is 0 Å². The number of amides is 1. The molecule has 3 aromatic rings. The molecular weight excluding hydrogens is 339 g/mol. The number of hydrogen-bond acceptors (Lipinski definition) is 1. The van der Waals surface area contributed by atoms with E-state index in [2.05, 4.69) is 11.1 Å². The average Bonchev–Trinajstić information content (AvgIpc) is 3.07. The number of carbonyl (C=O) groups excluding carboxylic acids is 1. The Balaban J connectivity index is 1.58. The van der Waals surface area contributed by atoms with Crippen LogP contribution < -0.4 is 0 Å². The zero-order valence-electron chi connectivity index (χ0n) is 13.4. The highest BCUT2D eigenvalue weighted by Crippen LogP contribution is 2.32. The molecule has 2 heterocycles. The van der Waals surface area contributed by atoms with Crippen molar-refractivity contribution in [1.29, 1.82) is 0 Å². The van der Waals surface area contributed by atoms with Gasteiger partial charge in [0.1, 0.15) is 5.82 Å². The number of nitrogens with zero attached hydrogens (tertiary/aromatic N) is 1. The third-order valence-corrected chi connectivity index (χ3v) is 4.89. The number of carbonyl (C=O) groups is 1. The van der Waals surface area contributed by atoms with Crippen molar-refractivity contribution in [3.05, 3.63) is 76.7 Å². The van der Waals surface area contributed by atoms with E-state index in [-0.39, 0.29) is 5.91 Å². The Morgan fingerprint density at radius 1 is 1.20 bits per heavy atom. The number of benzene rings is 2. The number of para-hydroxylation sites is 1. The quantitative estimate of drug-likeness (QED) is 0.698. The van der Waals surface area contributed by atoms with Gasteiger partial charge in [0.05, 0.1) is 10.5 Å². The maximum absolute atomic E-state index is 13.3. The Hall–Kier alpha value is -2.59. The van der Waals surface area contributed by atoms with Crippen molar-refractivity contribution in [2.75, 3.05) is 13.1 Å². The maximum Gasteiger partial charge on any atom is 0.254 e. The molecule has 0 unspecified atom stereocenters. The largest absolute Gasteiger partial charge is 0.359 e. The molecule has 0 bridgehead atoms. The highest BCUT2D eigenvalue weighted by molar-refractivity contribution is 6.35. The van der Waals surface area contributed by atoms with Gasteiger partial charge in [-0.1, -0.05) is 35.9 Å². The molecular formula is C20H16ClFN2O. The third kappa shape index (κ3) is 2.94.